The normalized spacial score (nSPS) is 14.6. The molecule has 1 fully saturated rings. The lowest BCUT2D eigenvalue weighted by Gasteiger charge is -2.18. The Balaban J connectivity index is 1.74. The Morgan fingerprint density at radius 2 is 1.56 bits per heavy atom. The van der Waals surface area contributed by atoms with Crippen LogP contribution in [0, 0.1) is 19.3 Å². The Labute approximate surface area is 160 Å². The number of benzene rings is 2. The van der Waals surface area contributed by atoms with Crippen molar-refractivity contribution in [1.29, 1.82) is 0 Å². The number of hydrogen-bond donors (Lipinski definition) is 2. The number of carbonyl (C=O) groups excluding carboxylic acids is 2. The maximum absolute atomic E-state index is 12.9. The van der Waals surface area contributed by atoms with Gasteiger partial charge >= 0.3 is 0 Å². The molecule has 0 aliphatic heterocycles. The highest BCUT2D eigenvalue weighted by molar-refractivity contribution is 6.17. The number of amides is 2. The van der Waals surface area contributed by atoms with Gasteiger partial charge in [0, 0.05) is 5.69 Å². The molecule has 2 aromatic carbocycles. The summed E-state index contributed by atoms with van der Waals surface area (Å²) in [6.45, 7) is 7.82. The lowest BCUT2D eigenvalue weighted by Crippen LogP contribution is -2.35. The molecule has 5 heteroatoms. The summed E-state index contributed by atoms with van der Waals surface area (Å²) < 4.78 is 5.75. The van der Waals surface area contributed by atoms with Crippen LogP contribution in [0.1, 0.15) is 37.8 Å². The molecule has 3 rings (SSSR count). The standard InChI is InChI=1S/C22H26N2O3/c1-14(2)27-19-8-6-5-7-18(19)24-21(26)22(9-10-22)20(25)23-17-12-15(3)11-16(4)13-17/h5-8,11-14H,9-10H2,1-4H3,(H,23,25)(H,24,26). The molecule has 27 heavy (non-hydrogen) atoms. The van der Waals surface area contributed by atoms with E-state index in [2.05, 4.69) is 10.6 Å². The Kier molecular flexibility index (Phi) is 5.22. The zero-order chi connectivity index (χ0) is 19.6. The van der Waals surface area contributed by atoms with Crippen molar-refractivity contribution in [2.75, 3.05) is 10.6 Å². The van der Waals surface area contributed by atoms with E-state index in [0.29, 0.717) is 24.3 Å². The number of ether oxygens (including phenoxy) is 1. The quantitative estimate of drug-likeness (QED) is 0.742. The maximum Gasteiger partial charge on any atom is 0.240 e. The number of anilines is 2. The maximum atomic E-state index is 12.9. The Morgan fingerprint density at radius 3 is 2.15 bits per heavy atom. The molecule has 0 radical (unpaired) electrons. The van der Waals surface area contributed by atoms with Gasteiger partial charge in [-0.05, 0) is 75.9 Å². The second-order valence-electron chi connectivity index (χ2n) is 7.53. The van der Waals surface area contributed by atoms with Gasteiger partial charge in [0.05, 0.1) is 11.8 Å². The van der Waals surface area contributed by atoms with Crippen LogP contribution in [0.5, 0.6) is 5.75 Å². The molecule has 0 spiro atoms. The summed E-state index contributed by atoms with van der Waals surface area (Å²) in [5.74, 6) is 0.0582. The predicted octanol–water partition coefficient (Wildman–Crippen LogP) is 4.45. The number of carbonyl (C=O) groups is 2. The molecular weight excluding hydrogens is 340 g/mol. The van der Waals surface area contributed by atoms with Gasteiger partial charge in [0.25, 0.3) is 0 Å². The number of rotatable bonds is 6. The van der Waals surface area contributed by atoms with Crippen molar-refractivity contribution in [2.24, 2.45) is 5.41 Å². The molecule has 0 heterocycles. The summed E-state index contributed by atoms with van der Waals surface area (Å²) in [6, 6.07) is 13.1. The molecule has 0 atom stereocenters. The Hall–Kier alpha value is -2.82. The summed E-state index contributed by atoms with van der Waals surface area (Å²) in [5, 5.41) is 5.79. The van der Waals surface area contributed by atoms with Crippen LogP contribution in [0.3, 0.4) is 0 Å². The van der Waals surface area contributed by atoms with Crippen molar-refractivity contribution in [3.63, 3.8) is 0 Å². The number of nitrogens with one attached hydrogen (secondary N) is 2. The highest BCUT2D eigenvalue weighted by atomic mass is 16.5. The third kappa shape index (κ3) is 4.30. The second-order valence-corrected chi connectivity index (χ2v) is 7.53. The van der Waals surface area contributed by atoms with E-state index in [0.717, 1.165) is 16.8 Å². The van der Waals surface area contributed by atoms with Crippen molar-refractivity contribution in [2.45, 2.75) is 46.6 Å². The minimum absolute atomic E-state index is 0.00852. The summed E-state index contributed by atoms with van der Waals surface area (Å²) in [5.41, 5.74) is 2.43. The molecule has 0 unspecified atom stereocenters. The monoisotopic (exact) mass is 366 g/mol. The first-order chi connectivity index (χ1) is 12.8. The highest BCUT2D eigenvalue weighted by Gasteiger charge is 2.56. The fourth-order valence-electron chi connectivity index (χ4n) is 3.15. The van der Waals surface area contributed by atoms with E-state index in [4.69, 9.17) is 4.74 Å². The number of aryl methyl sites for hydroxylation is 2. The van der Waals surface area contributed by atoms with Gasteiger partial charge in [-0.2, -0.15) is 0 Å². The lowest BCUT2D eigenvalue weighted by molar-refractivity contribution is -0.131. The van der Waals surface area contributed by atoms with Crippen LogP contribution in [0.4, 0.5) is 11.4 Å². The summed E-state index contributed by atoms with van der Waals surface area (Å²) in [4.78, 5) is 25.7. The molecule has 2 aromatic rings. The van der Waals surface area contributed by atoms with E-state index in [9.17, 15) is 9.59 Å². The fourth-order valence-corrected chi connectivity index (χ4v) is 3.15. The second kappa shape index (κ2) is 7.43. The summed E-state index contributed by atoms with van der Waals surface area (Å²) >= 11 is 0. The molecule has 2 N–H and O–H groups in total. The van der Waals surface area contributed by atoms with E-state index in [1.807, 2.05) is 64.1 Å². The number of hydrogen-bond acceptors (Lipinski definition) is 3. The zero-order valence-electron chi connectivity index (χ0n) is 16.3. The van der Waals surface area contributed by atoms with E-state index in [1.54, 1.807) is 6.07 Å². The van der Waals surface area contributed by atoms with Crippen LogP contribution in [-0.4, -0.2) is 17.9 Å². The SMILES string of the molecule is Cc1cc(C)cc(NC(=O)C2(C(=O)Nc3ccccc3OC(C)C)CC2)c1. The van der Waals surface area contributed by atoms with Crippen molar-refractivity contribution >= 4 is 23.2 Å². The van der Waals surface area contributed by atoms with Gasteiger partial charge in [-0.25, -0.2) is 0 Å². The molecule has 0 aromatic heterocycles. The average Bonchev–Trinajstić information content (AvgIpc) is 3.37. The third-order valence-electron chi connectivity index (χ3n) is 4.60. The van der Waals surface area contributed by atoms with Crippen LogP contribution in [0.25, 0.3) is 0 Å². The molecule has 1 aliphatic carbocycles. The molecule has 0 saturated heterocycles. The van der Waals surface area contributed by atoms with E-state index in [1.165, 1.54) is 0 Å². The van der Waals surface area contributed by atoms with Gasteiger partial charge in [-0.15, -0.1) is 0 Å². The molecule has 1 aliphatic rings. The van der Waals surface area contributed by atoms with Gasteiger partial charge in [-0.1, -0.05) is 18.2 Å². The van der Waals surface area contributed by atoms with E-state index >= 15 is 0 Å². The van der Waals surface area contributed by atoms with Crippen LogP contribution < -0.4 is 15.4 Å². The molecule has 142 valence electrons. The minimum Gasteiger partial charge on any atom is -0.489 e. The van der Waals surface area contributed by atoms with Crippen LogP contribution in [-0.2, 0) is 9.59 Å². The van der Waals surface area contributed by atoms with Gasteiger partial charge in [0.15, 0.2) is 0 Å². The van der Waals surface area contributed by atoms with Crippen LogP contribution in [0.2, 0.25) is 0 Å². The summed E-state index contributed by atoms with van der Waals surface area (Å²) in [7, 11) is 0. The predicted molar refractivity (Wildman–Crippen MR) is 107 cm³/mol. The first-order valence-electron chi connectivity index (χ1n) is 9.27. The zero-order valence-corrected chi connectivity index (χ0v) is 16.3. The average molecular weight is 366 g/mol. The smallest absolute Gasteiger partial charge is 0.240 e. The summed E-state index contributed by atoms with van der Waals surface area (Å²) in [6.07, 6.45) is 1.08. The largest absolute Gasteiger partial charge is 0.489 e. The van der Waals surface area contributed by atoms with Gasteiger partial charge in [-0.3, -0.25) is 9.59 Å². The lowest BCUT2D eigenvalue weighted by atomic mass is 10.0. The van der Waals surface area contributed by atoms with Gasteiger partial charge in [0.1, 0.15) is 11.2 Å². The van der Waals surface area contributed by atoms with Crippen molar-refractivity contribution in [3.05, 3.63) is 53.6 Å². The van der Waals surface area contributed by atoms with Gasteiger partial charge < -0.3 is 15.4 Å². The first-order valence-corrected chi connectivity index (χ1v) is 9.27. The van der Waals surface area contributed by atoms with Crippen molar-refractivity contribution < 1.29 is 14.3 Å². The molecule has 5 nitrogen and oxygen atoms in total. The molecular formula is C22H26N2O3. The first kappa shape index (κ1) is 19.0. The molecule has 0 bridgehead atoms. The van der Waals surface area contributed by atoms with Crippen molar-refractivity contribution in [3.8, 4) is 5.75 Å². The van der Waals surface area contributed by atoms with Crippen LogP contribution in [0.15, 0.2) is 42.5 Å². The minimum atomic E-state index is -1.01. The van der Waals surface area contributed by atoms with Crippen LogP contribution >= 0.6 is 0 Å². The topological polar surface area (TPSA) is 67.4 Å². The van der Waals surface area contributed by atoms with Crippen molar-refractivity contribution in [1.82, 2.24) is 0 Å². The fraction of sp³-hybridized carbons (Fsp3) is 0.364. The number of para-hydroxylation sites is 2. The van der Waals surface area contributed by atoms with Gasteiger partial charge in [0.2, 0.25) is 11.8 Å². The molecule has 2 amide bonds. The Morgan fingerprint density at radius 1 is 0.963 bits per heavy atom. The Bertz CT molecular complexity index is 849. The molecule has 1 saturated carbocycles. The van der Waals surface area contributed by atoms with E-state index in [-0.39, 0.29) is 17.9 Å². The highest BCUT2D eigenvalue weighted by Crippen LogP contribution is 2.48. The van der Waals surface area contributed by atoms with E-state index < -0.39 is 5.41 Å². The third-order valence-corrected chi connectivity index (χ3v) is 4.60.